The van der Waals surface area contributed by atoms with Crippen molar-refractivity contribution in [2.75, 3.05) is 55.0 Å². The van der Waals surface area contributed by atoms with Crippen LogP contribution >= 0.6 is 0 Å². The van der Waals surface area contributed by atoms with Crippen molar-refractivity contribution in [1.82, 2.24) is 15.0 Å². The van der Waals surface area contributed by atoms with Gasteiger partial charge in [0.15, 0.2) is 0 Å². The van der Waals surface area contributed by atoms with Gasteiger partial charge >= 0.3 is 6.18 Å². The van der Waals surface area contributed by atoms with Gasteiger partial charge in [-0.2, -0.15) is 18.2 Å². The lowest BCUT2D eigenvalue weighted by atomic mass is 10.2. The molecule has 0 amide bonds. The average Bonchev–Trinajstić information content (AvgIpc) is 2.61. The first-order valence-corrected chi connectivity index (χ1v) is 8.31. The number of nitrogens with zero attached hydrogens (tertiary/aromatic N) is 6. The Balaban J connectivity index is 1.72. The molecule has 0 aliphatic carbocycles. The monoisotopic (exact) mass is 366 g/mol. The number of piperazine rings is 1. The minimum Gasteiger partial charge on any atom is -0.353 e. The lowest BCUT2D eigenvalue weighted by molar-refractivity contribution is -0.141. The van der Waals surface area contributed by atoms with Crippen LogP contribution in [0.15, 0.2) is 24.3 Å². The third-order valence-electron chi connectivity index (χ3n) is 4.18. The zero-order valence-corrected chi connectivity index (χ0v) is 15.0. The number of halogens is 3. The predicted molar refractivity (Wildman–Crippen MR) is 94.8 cm³/mol. The number of anilines is 3. The van der Waals surface area contributed by atoms with E-state index in [-0.39, 0.29) is 0 Å². The highest BCUT2D eigenvalue weighted by Gasteiger charge is 2.33. The molecular weight excluding hydrogens is 345 g/mol. The Bertz CT molecular complexity index is 769. The van der Waals surface area contributed by atoms with Gasteiger partial charge in [-0.3, -0.25) is 0 Å². The molecule has 9 heteroatoms. The van der Waals surface area contributed by atoms with Gasteiger partial charge in [0.1, 0.15) is 17.3 Å². The van der Waals surface area contributed by atoms with Crippen LogP contribution in [0.2, 0.25) is 0 Å². The lowest BCUT2D eigenvalue weighted by Crippen LogP contribution is -2.47. The van der Waals surface area contributed by atoms with Gasteiger partial charge in [-0.15, -0.1) is 0 Å². The Morgan fingerprint density at radius 1 is 0.923 bits per heavy atom. The molecule has 0 N–H and O–H groups in total. The van der Waals surface area contributed by atoms with Crippen LogP contribution in [0.1, 0.15) is 11.4 Å². The number of pyridine rings is 1. The maximum absolute atomic E-state index is 12.9. The van der Waals surface area contributed by atoms with E-state index in [9.17, 15) is 13.2 Å². The van der Waals surface area contributed by atoms with Crippen LogP contribution in [0.25, 0.3) is 0 Å². The molecule has 2 aromatic rings. The summed E-state index contributed by atoms with van der Waals surface area (Å²) in [7, 11) is 3.77. The highest BCUT2D eigenvalue weighted by Crippen LogP contribution is 2.29. The van der Waals surface area contributed by atoms with Crippen molar-refractivity contribution >= 4 is 17.6 Å². The Labute approximate surface area is 150 Å². The second-order valence-corrected chi connectivity index (χ2v) is 6.41. The smallest absolute Gasteiger partial charge is 0.353 e. The maximum Gasteiger partial charge on any atom is 0.433 e. The van der Waals surface area contributed by atoms with Crippen molar-refractivity contribution < 1.29 is 13.2 Å². The highest BCUT2D eigenvalue weighted by molar-refractivity contribution is 5.48. The summed E-state index contributed by atoms with van der Waals surface area (Å²) in [6.07, 6.45) is -4.43. The second kappa shape index (κ2) is 6.97. The zero-order chi connectivity index (χ0) is 18.9. The van der Waals surface area contributed by atoms with E-state index in [1.165, 1.54) is 6.07 Å². The molecule has 1 aliphatic rings. The van der Waals surface area contributed by atoms with Crippen molar-refractivity contribution in [3.63, 3.8) is 0 Å². The fourth-order valence-corrected chi connectivity index (χ4v) is 2.82. The molecule has 0 unspecified atom stereocenters. The Morgan fingerprint density at radius 3 is 2.12 bits per heavy atom. The van der Waals surface area contributed by atoms with Crippen LogP contribution < -0.4 is 14.7 Å². The number of rotatable bonds is 3. The molecule has 3 heterocycles. The van der Waals surface area contributed by atoms with Gasteiger partial charge < -0.3 is 14.7 Å². The fraction of sp³-hybridized carbons (Fsp3) is 0.471. The zero-order valence-electron chi connectivity index (χ0n) is 15.0. The van der Waals surface area contributed by atoms with Gasteiger partial charge in [-0.25, -0.2) is 9.97 Å². The molecule has 3 rings (SSSR count). The molecule has 26 heavy (non-hydrogen) atoms. The van der Waals surface area contributed by atoms with Gasteiger partial charge in [-0.1, -0.05) is 6.07 Å². The molecule has 0 bridgehead atoms. The van der Waals surface area contributed by atoms with Crippen LogP contribution in [0.5, 0.6) is 0 Å². The molecule has 0 aromatic carbocycles. The summed E-state index contributed by atoms with van der Waals surface area (Å²) in [4.78, 5) is 18.5. The van der Waals surface area contributed by atoms with Crippen molar-refractivity contribution in [3.05, 3.63) is 35.7 Å². The SMILES string of the molecule is Cc1cc(N2CCN(c3cccc(C(F)(F)F)n3)CC2)nc(N(C)C)n1. The molecular formula is C17H21F3N6. The molecule has 6 nitrogen and oxygen atoms in total. The average molecular weight is 366 g/mol. The van der Waals surface area contributed by atoms with Crippen molar-refractivity contribution in [3.8, 4) is 0 Å². The molecule has 1 saturated heterocycles. The Morgan fingerprint density at radius 2 is 1.54 bits per heavy atom. The number of hydrogen-bond acceptors (Lipinski definition) is 6. The minimum absolute atomic E-state index is 0.354. The summed E-state index contributed by atoms with van der Waals surface area (Å²) >= 11 is 0. The van der Waals surface area contributed by atoms with Crippen LogP contribution in [0.4, 0.5) is 30.8 Å². The Hall–Kier alpha value is -2.58. The van der Waals surface area contributed by atoms with Gasteiger partial charge in [0.05, 0.1) is 0 Å². The van der Waals surface area contributed by atoms with Crippen LogP contribution in [0, 0.1) is 6.92 Å². The largest absolute Gasteiger partial charge is 0.433 e. The van der Waals surface area contributed by atoms with Gasteiger partial charge in [0.25, 0.3) is 0 Å². The normalized spacial score (nSPS) is 15.3. The van der Waals surface area contributed by atoms with E-state index in [0.29, 0.717) is 37.9 Å². The molecule has 0 radical (unpaired) electrons. The van der Waals surface area contributed by atoms with Gasteiger partial charge in [0.2, 0.25) is 5.95 Å². The van der Waals surface area contributed by atoms with Gasteiger partial charge in [0, 0.05) is 52.0 Å². The van der Waals surface area contributed by atoms with Crippen molar-refractivity contribution in [2.45, 2.75) is 13.1 Å². The van der Waals surface area contributed by atoms with E-state index in [1.807, 2.05) is 36.9 Å². The minimum atomic E-state index is -4.43. The summed E-state index contributed by atoms with van der Waals surface area (Å²) in [6.45, 7) is 4.38. The maximum atomic E-state index is 12.9. The third kappa shape index (κ3) is 3.97. The second-order valence-electron chi connectivity index (χ2n) is 6.41. The first kappa shape index (κ1) is 18.2. The number of aryl methyl sites for hydroxylation is 1. The standard InChI is InChI=1S/C17H21F3N6/c1-12-11-15(23-16(21-12)24(2)3)26-9-7-25(8-10-26)14-6-4-5-13(22-14)17(18,19)20/h4-6,11H,7-10H2,1-3H3. The molecule has 2 aromatic heterocycles. The summed E-state index contributed by atoms with van der Waals surface area (Å²) in [5.74, 6) is 1.83. The topological polar surface area (TPSA) is 48.4 Å². The first-order valence-electron chi connectivity index (χ1n) is 8.31. The van der Waals surface area contributed by atoms with Crippen LogP contribution in [-0.4, -0.2) is 55.2 Å². The van der Waals surface area contributed by atoms with E-state index in [0.717, 1.165) is 17.6 Å². The molecule has 0 atom stereocenters. The van der Waals surface area contributed by atoms with E-state index in [1.54, 1.807) is 6.07 Å². The van der Waals surface area contributed by atoms with Crippen molar-refractivity contribution in [2.24, 2.45) is 0 Å². The predicted octanol–water partition coefficient (Wildman–Crippen LogP) is 2.59. The van der Waals surface area contributed by atoms with E-state index in [4.69, 9.17) is 0 Å². The first-order chi connectivity index (χ1) is 12.2. The fourth-order valence-electron chi connectivity index (χ4n) is 2.82. The summed E-state index contributed by atoms with van der Waals surface area (Å²) in [6, 6.07) is 5.93. The molecule has 1 aliphatic heterocycles. The quantitative estimate of drug-likeness (QED) is 0.832. The van der Waals surface area contributed by atoms with Crippen LogP contribution in [0.3, 0.4) is 0 Å². The summed E-state index contributed by atoms with van der Waals surface area (Å²) < 4.78 is 38.6. The lowest BCUT2D eigenvalue weighted by Gasteiger charge is -2.36. The van der Waals surface area contributed by atoms with E-state index < -0.39 is 11.9 Å². The number of aromatic nitrogens is 3. The van der Waals surface area contributed by atoms with E-state index >= 15 is 0 Å². The number of alkyl halides is 3. The number of hydrogen-bond donors (Lipinski definition) is 0. The molecule has 0 spiro atoms. The summed E-state index contributed by atoms with van der Waals surface area (Å²) in [5, 5.41) is 0. The van der Waals surface area contributed by atoms with Crippen molar-refractivity contribution in [1.29, 1.82) is 0 Å². The van der Waals surface area contributed by atoms with E-state index in [2.05, 4.69) is 19.9 Å². The van der Waals surface area contributed by atoms with Gasteiger partial charge in [-0.05, 0) is 19.1 Å². The van der Waals surface area contributed by atoms with Crippen LogP contribution in [-0.2, 0) is 6.18 Å². The molecule has 140 valence electrons. The summed E-state index contributed by atoms with van der Waals surface area (Å²) in [5.41, 5.74) is 0.0140. The molecule has 0 saturated carbocycles. The third-order valence-corrected chi connectivity index (χ3v) is 4.18. The molecule has 1 fully saturated rings. The Kier molecular flexibility index (Phi) is 4.88. The highest BCUT2D eigenvalue weighted by atomic mass is 19.4.